The first-order valence-electron chi connectivity index (χ1n) is 4.69. The Morgan fingerprint density at radius 3 is 3.31 bits per heavy atom. The number of rotatable bonds is 1. The fraction of sp³-hybridized carbons (Fsp3) is 0.889. The molecule has 2 heterocycles. The minimum Gasteiger partial charge on any atom is -0.468 e. The van der Waals surface area contributed by atoms with E-state index in [-0.39, 0.29) is 12.0 Å². The van der Waals surface area contributed by atoms with Crippen molar-refractivity contribution in [3.8, 4) is 0 Å². The minimum atomic E-state index is -0.396. The van der Waals surface area contributed by atoms with Crippen molar-refractivity contribution in [2.45, 2.75) is 18.9 Å². The summed E-state index contributed by atoms with van der Waals surface area (Å²) in [5, 5.41) is 3.31. The molecule has 0 radical (unpaired) electrons. The fourth-order valence-corrected chi connectivity index (χ4v) is 2.31. The van der Waals surface area contributed by atoms with Crippen molar-refractivity contribution in [2.75, 3.05) is 26.9 Å². The van der Waals surface area contributed by atoms with Gasteiger partial charge in [0.05, 0.1) is 20.3 Å². The van der Waals surface area contributed by atoms with Gasteiger partial charge in [-0.1, -0.05) is 0 Å². The minimum absolute atomic E-state index is 0.123. The highest BCUT2D eigenvalue weighted by Gasteiger charge is 2.52. The predicted molar refractivity (Wildman–Crippen MR) is 46.3 cm³/mol. The Morgan fingerprint density at radius 1 is 1.69 bits per heavy atom. The number of carbonyl (C=O) groups is 1. The third kappa shape index (κ3) is 1.25. The second kappa shape index (κ2) is 3.27. The Bertz CT molecular complexity index is 219. The quantitative estimate of drug-likeness (QED) is 0.581. The number of piperidine rings is 1. The highest BCUT2D eigenvalue weighted by atomic mass is 16.5. The van der Waals surface area contributed by atoms with Gasteiger partial charge in [-0.25, -0.2) is 0 Å². The summed E-state index contributed by atoms with van der Waals surface area (Å²) in [4.78, 5) is 11.6. The van der Waals surface area contributed by atoms with Gasteiger partial charge in [-0.2, -0.15) is 0 Å². The average molecular weight is 185 g/mol. The lowest BCUT2D eigenvalue weighted by Crippen LogP contribution is -2.53. The van der Waals surface area contributed by atoms with E-state index >= 15 is 0 Å². The Kier molecular flexibility index (Phi) is 2.26. The Hall–Kier alpha value is -0.610. The Morgan fingerprint density at radius 2 is 2.54 bits per heavy atom. The summed E-state index contributed by atoms with van der Waals surface area (Å²) in [5.74, 6) is -0.123. The highest BCUT2D eigenvalue weighted by molar-refractivity contribution is 5.78. The van der Waals surface area contributed by atoms with Crippen LogP contribution in [0.3, 0.4) is 0 Å². The molecule has 2 fully saturated rings. The molecule has 74 valence electrons. The molecule has 4 nitrogen and oxygen atoms in total. The van der Waals surface area contributed by atoms with Crippen molar-refractivity contribution in [3.63, 3.8) is 0 Å². The SMILES string of the molecule is COC(=O)[C@@]12CCCN[C@H]1COC2. The van der Waals surface area contributed by atoms with Crippen LogP contribution in [0.15, 0.2) is 0 Å². The second-order valence-corrected chi connectivity index (χ2v) is 3.77. The summed E-state index contributed by atoms with van der Waals surface area (Å²) in [6.45, 7) is 2.12. The van der Waals surface area contributed by atoms with Crippen LogP contribution in [0.25, 0.3) is 0 Å². The van der Waals surface area contributed by atoms with Crippen molar-refractivity contribution in [2.24, 2.45) is 5.41 Å². The van der Waals surface area contributed by atoms with Gasteiger partial charge in [-0.3, -0.25) is 4.79 Å². The van der Waals surface area contributed by atoms with Gasteiger partial charge in [0.1, 0.15) is 5.41 Å². The summed E-state index contributed by atoms with van der Waals surface area (Å²) in [7, 11) is 1.45. The van der Waals surface area contributed by atoms with E-state index < -0.39 is 5.41 Å². The number of carbonyl (C=O) groups excluding carboxylic acids is 1. The molecule has 2 rings (SSSR count). The third-order valence-corrected chi connectivity index (χ3v) is 3.09. The Balaban J connectivity index is 2.20. The van der Waals surface area contributed by atoms with Gasteiger partial charge in [0.15, 0.2) is 0 Å². The number of esters is 1. The van der Waals surface area contributed by atoms with E-state index in [9.17, 15) is 4.79 Å². The molecule has 2 saturated heterocycles. The molecule has 0 aliphatic carbocycles. The van der Waals surface area contributed by atoms with Gasteiger partial charge in [0, 0.05) is 6.04 Å². The monoisotopic (exact) mass is 185 g/mol. The topological polar surface area (TPSA) is 47.6 Å². The van der Waals surface area contributed by atoms with Crippen molar-refractivity contribution >= 4 is 5.97 Å². The van der Waals surface area contributed by atoms with E-state index in [2.05, 4.69) is 5.32 Å². The molecule has 2 aliphatic heterocycles. The van der Waals surface area contributed by atoms with Gasteiger partial charge in [0.25, 0.3) is 0 Å². The molecule has 0 aromatic heterocycles. The molecule has 1 N–H and O–H groups in total. The van der Waals surface area contributed by atoms with Gasteiger partial charge < -0.3 is 14.8 Å². The van der Waals surface area contributed by atoms with E-state index in [1.165, 1.54) is 7.11 Å². The molecule has 0 spiro atoms. The largest absolute Gasteiger partial charge is 0.468 e. The number of methoxy groups -OCH3 is 1. The normalized spacial score (nSPS) is 38.4. The van der Waals surface area contributed by atoms with Crippen LogP contribution in [-0.2, 0) is 14.3 Å². The number of ether oxygens (including phenoxy) is 2. The number of hydrogen-bond acceptors (Lipinski definition) is 4. The first kappa shape index (κ1) is 8.97. The zero-order valence-electron chi connectivity index (χ0n) is 7.84. The molecule has 0 aromatic carbocycles. The molecule has 0 unspecified atom stereocenters. The standard InChI is InChI=1S/C9H15NO3/c1-12-8(11)9-3-2-4-10-7(9)5-13-6-9/h7,10H,2-6H2,1H3/t7-,9+/m0/s1. The van der Waals surface area contributed by atoms with E-state index in [1.54, 1.807) is 0 Å². The second-order valence-electron chi connectivity index (χ2n) is 3.77. The molecule has 0 bridgehead atoms. The lowest BCUT2D eigenvalue weighted by Gasteiger charge is -2.35. The maximum atomic E-state index is 11.6. The zero-order valence-corrected chi connectivity index (χ0v) is 7.84. The smallest absolute Gasteiger partial charge is 0.315 e. The first-order chi connectivity index (χ1) is 6.29. The van der Waals surface area contributed by atoms with Crippen LogP contribution in [0.4, 0.5) is 0 Å². The van der Waals surface area contributed by atoms with Crippen LogP contribution in [0.2, 0.25) is 0 Å². The van der Waals surface area contributed by atoms with E-state index in [1.807, 2.05) is 0 Å². The highest BCUT2D eigenvalue weighted by Crippen LogP contribution is 2.37. The van der Waals surface area contributed by atoms with Crippen LogP contribution in [-0.4, -0.2) is 38.9 Å². The Labute approximate surface area is 77.6 Å². The zero-order chi connectivity index (χ0) is 9.31. The van der Waals surface area contributed by atoms with Crippen molar-refractivity contribution < 1.29 is 14.3 Å². The molecule has 2 aliphatic rings. The maximum absolute atomic E-state index is 11.6. The van der Waals surface area contributed by atoms with Gasteiger partial charge in [0.2, 0.25) is 0 Å². The van der Waals surface area contributed by atoms with E-state index in [0.29, 0.717) is 13.2 Å². The summed E-state index contributed by atoms with van der Waals surface area (Å²) in [5.41, 5.74) is -0.396. The molecule has 4 heteroatoms. The van der Waals surface area contributed by atoms with Gasteiger partial charge in [-0.15, -0.1) is 0 Å². The third-order valence-electron chi connectivity index (χ3n) is 3.09. The summed E-state index contributed by atoms with van der Waals surface area (Å²) < 4.78 is 10.2. The lowest BCUT2D eigenvalue weighted by atomic mass is 9.76. The number of hydrogen-bond donors (Lipinski definition) is 1. The average Bonchev–Trinajstić information content (AvgIpc) is 2.61. The molecular formula is C9H15NO3. The lowest BCUT2D eigenvalue weighted by molar-refractivity contribution is -0.155. The molecule has 0 amide bonds. The molecule has 2 atom stereocenters. The molecule has 0 aromatic rings. The van der Waals surface area contributed by atoms with Crippen LogP contribution < -0.4 is 5.32 Å². The van der Waals surface area contributed by atoms with Crippen molar-refractivity contribution in [3.05, 3.63) is 0 Å². The van der Waals surface area contributed by atoms with E-state index in [0.717, 1.165) is 19.4 Å². The fourth-order valence-electron chi connectivity index (χ4n) is 2.31. The molecular weight excluding hydrogens is 170 g/mol. The number of fused-ring (bicyclic) bond motifs is 1. The van der Waals surface area contributed by atoms with E-state index in [4.69, 9.17) is 9.47 Å². The van der Waals surface area contributed by atoms with Crippen molar-refractivity contribution in [1.82, 2.24) is 5.32 Å². The first-order valence-corrected chi connectivity index (χ1v) is 4.69. The van der Waals surface area contributed by atoms with Gasteiger partial charge in [-0.05, 0) is 19.4 Å². The summed E-state index contributed by atoms with van der Waals surface area (Å²) >= 11 is 0. The maximum Gasteiger partial charge on any atom is 0.315 e. The molecule has 13 heavy (non-hydrogen) atoms. The molecule has 0 saturated carbocycles. The number of nitrogens with one attached hydrogen (secondary N) is 1. The van der Waals surface area contributed by atoms with Crippen LogP contribution in [0, 0.1) is 5.41 Å². The van der Waals surface area contributed by atoms with Crippen molar-refractivity contribution in [1.29, 1.82) is 0 Å². The summed E-state index contributed by atoms with van der Waals surface area (Å²) in [6, 6.07) is 0.161. The van der Waals surface area contributed by atoms with Crippen LogP contribution >= 0.6 is 0 Å². The van der Waals surface area contributed by atoms with Crippen LogP contribution in [0.5, 0.6) is 0 Å². The van der Waals surface area contributed by atoms with Gasteiger partial charge >= 0.3 is 5.97 Å². The van der Waals surface area contributed by atoms with Crippen LogP contribution in [0.1, 0.15) is 12.8 Å². The summed E-state index contributed by atoms with van der Waals surface area (Å²) in [6.07, 6.45) is 1.91. The predicted octanol–water partition coefficient (Wildman–Crippen LogP) is -0.0720.